The average Bonchev–Trinajstić information content (AvgIpc) is 4.09. The standard InChI is InChI=1S/C45H66N7O14PS/c1-23(27-8-9-28-26-7-6-24-15-25(54)11-13-44(24,2)29(26)16-33(56)45(27,28)3)5-10-36(58)62-22-68-67(60,66-38-31(18-53)65-42(39(38)61-4)51-14-12-34(57)50-43(51)59)63-19-32-30(55)17-35(64-32)52-21-49-37-40(46)47-20-48-41(37)52/h12,14,20-21,23-33,35,38-39,42,53-56H,5-11,13,15-19,22H2,1-4H3,(H2,46,47,48)(H,50,57,59)/t23?,24?,25?,26?,27?,28?,29?,30?,31-,32-,33?,35-,38?,39-,42-,44?,45?,67?/m1/s1. The summed E-state index contributed by atoms with van der Waals surface area (Å²) in [5.74, 6) is 1.40. The molecule has 5 heterocycles. The van der Waals surface area contributed by atoms with E-state index in [1.165, 1.54) is 26.0 Å². The number of aromatic amines is 1. The molecule has 7 N–H and O–H groups in total. The fourth-order valence-corrected chi connectivity index (χ4v) is 16.4. The zero-order valence-electron chi connectivity index (χ0n) is 38.9. The summed E-state index contributed by atoms with van der Waals surface area (Å²) in [5.41, 5.74) is 5.12. The smallest absolute Gasteiger partial charge is 0.392 e. The highest BCUT2D eigenvalue weighted by molar-refractivity contribution is 8.55. The van der Waals surface area contributed by atoms with Crippen LogP contribution in [0.3, 0.4) is 0 Å². The second-order valence-corrected chi connectivity index (χ2v) is 24.4. The number of anilines is 1. The van der Waals surface area contributed by atoms with Crippen LogP contribution in [-0.4, -0.2) is 124 Å². The maximum absolute atomic E-state index is 14.9. The van der Waals surface area contributed by atoms with Gasteiger partial charge in [0.1, 0.15) is 48.4 Å². The molecule has 13 unspecified atom stereocenters. The zero-order chi connectivity index (χ0) is 48.3. The number of nitrogens with two attached hydrogens (primary N) is 1. The van der Waals surface area contributed by atoms with Gasteiger partial charge in [-0.25, -0.2) is 24.3 Å². The van der Waals surface area contributed by atoms with Gasteiger partial charge in [0.2, 0.25) is 0 Å². The molecule has 6 fully saturated rings. The van der Waals surface area contributed by atoms with Crippen LogP contribution in [-0.2, 0) is 37.4 Å². The van der Waals surface area contributed by atoms with E-state index in [0.717, 1.165) is 62.0 Å². The van der Waals surface area contributed by atoms with E-state index in [2.05, 4.69) is 40.7 Å². The summed E-state index contributed by atoms with van der Waals surface area (Å²) in [5, 5.41) is 44.0. The SMILES string of the molecule is CO[C@@H]1C(OP(=O)(OC[C@H]2O[C@@H](n3cnc4c(N)ncnc43)CC2O)SCOC(=O)CCC(C)C2CCC3C4CCC5CC(O)CCC5(C)C4CC(O)C23C)[C@@H](CO)O[C@H]1n1ccc(=O)[nH]c1=O. The van der Waals surface area contributed by atoms with E-state index >= 15 is 0 Å². The summed E-state index contributed by atoms with van der Waals surface area (Å²) < 4.78 is 53.1. The molecule has 3 aromatic heterocycles. The minimum atomic E-state index is -4.45. The summed E-state index contributed by atoms with van der Waals surface area (Å²) in [6, 6.07) is 1.11. The first-order valence-electron chi connectivity index (χ1n) is 23.9. The molecule has 2 saturated heterocycles. The van der Waals surface area contributed by atoms with Gasteiger partial charge in [0.15, 0.2) is 17.7 Å². The summed E-state index contributed by atoms with van der Waals surface area (Å²) in [4.78, 5) is 52.7. The van der Waals surface area contributed by atoms with Gasteiger partial charge in [-0.15, -0.1) is 0 Å². The van der Waals surface area contributed by atoms with Gasteiger partial charge < -0.3 is 45.1 Å². The summed E-state index contributed by atoms with van der Waals surface area (Å²) in [7, 11) is 1.31. The van der Waals surface area contributed by atoms with Gasteiger partial charge in [-0.3, -0.25) is 32.8 Å². The number of carbonyl (C=O) groups excluding carboxylic acids is 1. The van der Waals surface area contributed by atoms with E-state index in [-0.39, 0.29) is 47.4 Å². The average molecular weight is 992 g/mol. The van der Waals surface area contributed by atoms with Gasteiger partial charge >= 0.3 is 18.5 Å². The van der Waals surface area contributed by atoms with Crippen LogP contribution in [0.25, 0.3) is 11.2 Å². The summed E-state index contributed by atoms with van der Waals surface area (Å²) in [6.45, 7) is 1.28. The van der Waals surface area contributed by atoms with Gasteiger partial charge in [-0.2, -0.15) is 0 Å². The van der Waals surface area contributed by atoms with E-state index < -0.39 is 92.2 Å². The number of methoxy groups -OCH3 is 1. The third kappa shape index (κ3) is 9.14. The molecule has 18 atom stereocenters. The predicted molar refractivity (Wildman–Crippen MR) is 245 cm³/mol. The van der Waals surface area contributed by atoms with Crippen molar-refractivity contribution in [1.29, 1.82) is 0 Å². The molecule has 0 radical (unpaired) electrons. The number of imidazole rings is 1. The van der Waals surface area contributed by atoms with Crippen LogP contribution in [0.1, 0.15) is 104 Å². The molecular weight excluding hydrogens is 926 g/mol. The summed E-state index contributed by atoms with van der Waals surface area (Å²) >= 11 is 0.574. The largest absolute Gasteiger partial charge is 0.454 e. The first-order valence-corrected chi connectivity index (χ1v) is 27.1. The number of nitrogens with zero attached hydrogens (tertiary/aromatic N) is 5. The fraction of sp³-hybridized carbons (Fsp3) is 0.778. The van der Waals surface area contributed by atoms with Crippen LogP contribution in [0.4, 0.5) is 5.82 Å². The molecule has 21 nitrogen and oxygen atoms in total. The van der Waals surface area contributed by atoms with Crippen LogP contribution in [0, 0.1) is 46.3 Å². The minimum Gasteiger partial charge on any atom is -0.454 e. The number of hydrogen-bond acceptors (Lipinski definition) is 19. The van der Waals surface area contributed by atoms with E-state index in [1.54, 1.807) is 4.57 Å². The third-order valence-corrected chi connectivity index (χ3v) is 20.5. The lowest BCUT2D eigenvalue weighted by Gasteiger charge is -2.62. The van der Waals surface area contributed by atoms with Crippen molar-refractivity contribution in [2.45, 2.75) is 147 Å². The van der Waals surface area contributed by atoms with Crippen molar-refractivity contribution in [2.24, 2.45) is 46.3 Å². The molecule has 4 saturated carbocycles. The molecule has 3 aromatic rings. The number of esters is 1. The molecule has 9 rings (SSSR count). The number of hydrogen-bond donors (Lipinski definition) is 6. The fourth-order valence-electron chi connectivity index (χ4n) is 13.5. The Balaban J connectivity index is 0.853. The zero-order valence-corrected chi connectivity index (χ0v) is 40.6. The van der Waals surface area contributed by atoms with Gasteiger partial charge in [0, 0.05) is 43.6 Å². The number of nitrogen functional groups attached to an aromatic ring is 1. The maximum Gasteiger partial charge on any atom is 0.392 e. The molecule has 4 aliphatic carbocycles. The minimum absolute atomic E-state index is 0.0859. The van der Waals surface area contributed by atoms with Gasteiger partial charge in [-0.05, 0) is 104 Å². The van der Waals surface area contributed by atoms with Crippen LogP contribution in [0.15, 0.2) is 34.5 Å². The molecule has 6 aliphatic rings. The normalized spacial score (nSPS) is 39.2. The number of nitrogens with one attached hydrogen (secondary N) is 1. The second-order valence-electron chi connectivity index (χ2n) is 20.5. The number of ether oxygens (including phenoxy) is 4. The van der Waals surface area contributed by atoms with Crippen LogP contribution < -0.4 is 17.0 Å². The van der Waals surface area contributed by atoms with Crippen molar-refractivity contribution < 1.29 is 57.8 Å². The first kappa shape index (κ1) is 49.7. The lowest BCUT2D eigenvalue weighted by Crippen LogP contribution is -2.58. The Morgan fingerprint density at radius 2 is 1.84 bits per heavy atom. The van der Waals surface area contributed by atoms with E-state index in [4.69, 9.17) is 33.7 Å². The number of fused-ring (bicyclic) bond motifs is 6. The number of aromatic nitrogens is 6. The van der Waals surface area contributed by atoms with Crippen molar-refractivity contribution in [2.75, 3.05) is 32.0 Å². The number of aliphatic hydroxyl groups excluding tert-OH is 4. The van der Waals surface area contributed by atoms with Crippen LogP contribution in [0.2, 0.25) is 0 Å². The predicted octanol–water partition coefficient (Wildman–Crippen LogP) is 3.66. The lowest BCUT2D eigenvalue weighted by atomic mass is 9.43. The molecule has 0 aromatic carbocycles. The Labute approximate surface area is 397 Å². The molecule has 2 aliphatic heterocycles. The topological polar surface area (TPSA) is 295 Å². The van der Waals surface area contributed by atoms with E-state index in [1.807, 2.05) is 0 Å². The van der Waals surface area contributed by atoms with Crippen molar-refractivity contribution in [3.8, 4) is 0 Å². The van der Waals surface area contributed by atoms with E-state index in [9.17, 15) is 39.4 Å². The van der Waals surface area contributed by atoms with Crippen molar-refractivity contribution in [3.63, 3.8) is 0 Å². The second kappa shape index (κ2) is 19.7. The molecule has 0 bridgehead atoms. The van der Waals surface area contributed by atoms with E-state index in [0.29, 0.717) is 52.6 Å². The van der Waals surface area contributed by atoms with Gasteiger partial charge in [0.05, 0.1) is 37.9 Å². The lowest BCUT2D eigenvalue weighted by molar-refractivity contribution is -0.175. The highest BCUT2D eigenvalue weighted by atomic mass is 32.7. The monoisotopic (exact) mass is 991 g/mol. The van der Waals surface area contributed by atoms with Gasteiger partial charge in [-0.1, -0.05) is 20.8 Å². The number of carbonyl (C=O) groups is 1. The highest BCUT2D eigenvalue weighted by Gasteiger charge is 2.64. The van der Waals surface area contributed by atoms with Crippen LogP contribution >= 0.6 is 18.2 Å². The van der Waals surface area contributed by atoms with Crippen molar-refractivity contribution in [1.82, 2.24) is 29.1 Å². The Morgan fingerprint density at radius 3 is 2.60 bits per heavy atom. The number of rotatable bonds is 16. The molecule has 0 spiro atoms. The Kier molecular flexibility index (Phi) is 14.4. The molecule has 0 amide bonds. The van der Waals surface area contributed by atoms with Gasteiger partial charge in [0.25, 0.3) is 5.56 Å². The number of H-pyrrole nitrogens is 1. The van der Waals surface area contributed by atoms with Crippen molar-refractivity contribution >= 4 is 41.1 Å². The highest BCUT2D eigenvalue weighted by Crippen LogP contribution is 2.69. The summed E-state index contributed by atoms with van der Waals surface area (Å²) in [6.07, 6.45) is 3.95. The quantitative estimate of drug-likeness (QED) is 0.0678. The Morgan fingerprint density at radius 1 is 1.03 bits per heavy atom. The first-order chi connectivity index (χ1) is 32.5. The van der Waals surface area contributed by atoms with Crippen molar-refractivity contribution in [3.05, 3.63) is 45.8 Å². The third-order valence-electron chi connectivity index (χ3n) is 17.1. The Bertz CT molecular complexity index is 2460. The molecular formula is C45H66N7O14PS. The molecule has 68 heavy (non-hydrogen) atoms. The number of aliphatic hydroxyl groups is 4. The maximum atomic E-state index is 14.9. The molecule has 23 heteroatoms. The Hall–Kier alpha value is -3.28. The molecule has 376 valence electrons. The van der Waals surface area contributed by atoms with Crippen LogP contribution in [0.5, 0.6) is 0 Å².